The van der Waals surface area contributed by atoms with Gasteiger partial charge in [-0.2, -0.15) is 0 Å². The number of sulfone groups is 1. The molecule has 1 heterocycles. The summed E-state index contributed by atoms with van der Waals surface area (Å²) in [5.74, 6) is -1.15. The maximum atomic E-state index is 13.9. The SMILES string of the molecule is Cc1cc(NC(=O)[C@H](Cc2ccccc2)N=[N+]=[N-])c(=O)n([C@H](CC(C)C)C(=O)N[C@H](/C=C/S(C)(=O)=O)Cc2ccc(CN)cc2)c1. The highest BCUT2D eigenvalue weighted by atomic mass is 32.2. The van der Waals surface area contributed by atoms with E-state index in [0.29, 0.717) is 18.5 Å². The molecule has 0 aliphatic carbocycles. The van der Waals surface area contributed by atoms with E-state index in [1.165, 1.54) is 16.7 Å². The molecule has 3 aromatic rings. The normalized spacial score (nSPS) is 13.5. The number of nitrogens with two attached hydrogens (primary N) is 1. The van der Waals surface area contributed by atoms with E-state index < -0.39 is 45.3 Å². The third kappa shape index (κ3) is 11.0. The van der Waals surface area contributed by atoms with E-state index in [9.17, 15) is 22.8 Å². The minimum atomic E-state index is -3.48. The number of carbonyl (C=O) groups is 2. The van der Waals surface area contributed by atoms with Crippen molar-refractivity contribution < 1.29 is 18.0 Å². The Bertz CT molecular complexity index is 1750. The molecular weight excluding hydrogens is 606 g/mol. The van der Waals surface area contributed by atoms with E-state index in [0.717, 1.165) is 28.4 Å². The Labute approximate surface area is 269 Å². The zero-order valence-corrected chi connectivity index (χ0v) is 27.3. The van der Waals surface area contributed by atoms with Crippen LogP contribution in [-0.4, -0.2) is 43.1 Å². The number of anilines is 1. The first-order valence-corrected chi connectivity index (χ1v) is 16.8. The van der Waals surface area contributed by atoms with Crippen LogP contribution in [0.25, 0.3) is 10.4 Å². The summed E-state index contributed by atoms with van der Waals surface area (Å²) in [7, 11) is -3.48. The molecule has 244 valence electrons. The van der Waals surface area contributed by atoms with Gasteiger partial charge in [0.15, 0.2) is 9.84 Å². The number of azide groups is 1. The Kier molecular flexibility index (Phi) is 12.9. The van der Waals surface area contributed by atoms with Gasteiger partial charge in [0, 0.05) is 29.3 Å². The Morgan fingerprint density at radius 2 is 1.65 bits per heavy atom. The number of aryl methyl sites for hydroxylation is 1. The highest BCUT2D eigenvalue weighted by molar-refractivity contribution is 7.93. The van der Waals surface area contributed by atoms with Gasteiger partial charge in [0.25, 0.3) is 5.56 Å². The second-order valence-electron chi connectivity index (χ2n) is 11.7. The van der Waals surface area contributed by atoms with E-state index in [1.54, 1.807) is 37.4 Å². The summed E-state index contributed by atoms with van der Waals surface area (Å²) in [4.78, 5) is 43.7. The lowest BCUT2D eigenvalue weighted by molar-refractivity contribution is -0.125. The molecular formula is C33H41N7O5S. The van der Waals surface area contributed by atoms with Crippen LogP contribution in [0.1, 0.15) is 48.6 Å². The lowest BCUT2D eigenvalue weighted by Gasteiger charge is -2.25. The molecule has 3 atom stereocenters. The monoisotopic (exact) mass is 647 g/mol. The largest absolute Gasteiger partial charge is 0.348 e. The van der Waals surface area contributed by atoms with Crippen LogP contribution in [0.2, 0.25) is 0 Å². The predicted octanol–water partition coefficient (Wildman–Crippen LogP) is 4.35. The summed E-state index contributed by atoms with van der Waals surface area (Å²) in [6, 6.07) is 15.2. The number of aromatic nitrogens is 1. The van der Waals surface area contributed by atoms with Crippen molar-refractivity contribution in [3.8, 4) is 0 Å². The lowest BCUT2D eigenvalue weighted by Crippen LogP contribution is -2.43. The Morgan fingerprint density at radius 3 is 2.24 bits per heavy atom. The van der Waals surface area contributed by atoms with Gasteiger partial charge in [-0.3, -0.25) is 14.4 Å². The summed E-state index contributed by atoms with van der Waals surface area (Å²) in [5, 5.41) is 10.2. The Hall–Kier alpha value is -4.71. The first-order valence-electron chi connectivity index (χ1n) is 14.9. The van der Waals surface area contributed by atoms with Crippen LogP contribution in [0, 0.1) is 12.8 Å². The van der Waals surface area contributed by atoms with Crippen LogP contribution >= 0.6 is 0 Å². The van der Waals surface area contributed by atoms with Crippen LogP contribution in [-0.2, 0) is 38.8 Å². The molecule has 4 N–H and O–H groups in total. The van der Waals surface area contributed by atoms with Gasteiger partial charge in [-0.1, -0.05) is 79.6 Å². The van der Waals surface area contributed by atoms with Gasteiger partial charge in [0.05, 0.1) is 6.04 Å². The minimum absolute atomic E-state index is 0.00441. The van der Waals surface area contributed by atoms with Crippen molar-refractivity contribution in [1.82, 2.24) is 9.88 Å². The van der Waals surface area contributed by atoms with Gasteiger partial charge in [-0.25, -0.2) is 8.42 Å². The van der Waals surface area contributed by atoms with Crippen molar-refractivity contribution >= 4 is 27.3 Å². The van der Waals surface area contributed by atoms with Crippen molar-refractivity contribution in [3.63, 3.8) is 0 Å². The average molecular weight is 648 g/mol. The van der Waals surface area contributed by atoms with Crippen LogP contribution in [0.15, 0.2) is 88.3 Å². The smallest absolute Gasteiger partial charge is 0.275 e. The Morgan fingerprint density at radius 1 is 1.02 bits per heavy atom. The summed E-state index contributed by atoms with van der Waals surface area (Å²) in [6.07, 6.45) is 4.74. The van der Waals surface area contributed by atoms with Gasteiger partial charge in [0.2, 0.25) is 11.8 Å². The summed E-state index contributed by atoms with van der Waals surface area (Å²) >= 11 is 0. The van der Waals surface area contributed by atoms with Gasteiger partial charge >= 0.3 is 0 Å². The molecule has 2 amide bonds. The van der Waals surface area contributed by atoms with Crippen LogP contribution < -0.4 is 21.9 Å². The number of hydrogen-bond donors (Lipinski definition) is 3. The molecule has 1 aromatic heterocycles. The topological polar surface area (TPSA) is 189 Å². The van der Waals surface area contributed by atoms with E-state index in [2.05, 4.69) is 20.7 Å². The molecule has 3 rings (SSSR count). The zero-order chi connectivity index (χ0) is 33.9. The van der Waals surface area contributed by atoms with Gasteiger partial charge in [-0.05, 0) is 66.0 Å². The van der Waals surface area contributed by atoms with Crippen molar-refractivity contribution in [2.24, 2.45) is 16.8 Å². The fourth-order valence-corrected chi connectivity index (χ4v) is 5.38. The third-order valence-electron chi connectivity index (χ3n) is 7.14. The molecule has 0 aliphatic rings. The van der Waals surface area contributed by atoms with Gasteiger partial charge in [0.1, 0.15) is 17.8 Å². The van der Waals surface area contributed by atoms with Crippen molar-refractivity contribution in [2.75, 3.05) is 11.6 Å². The third-order valence-corrected chi connectivity index (χ3v) is 7.79. The standard InChI is InChI=1S/C33H41N7O5S/c1-22(2)16-30(32(42)36-27(14-15-46(4,44)45)18-25-10-12-26(20-34)13-11-25)40-21-23(3)17-29(33(40)43)37-31(41)28(38-39-35)19-24-8-6-5-7-9-24/h5-15,17,21-22,27-28,30H,16,18-20,34H2,1-4H3,(H,36,42)(H,37,41)/b15-14+/t27-,28+,30-/m1/s1. The summed E-state index contributed by atoms with van der Waals surface area (Å²) in [5.41, 5.74) is 17.3. The van der Waals surface area contributed by atoms with Crippen molar-refractivity contribution in [1.29, 1.82) is 0 Å². The van der Waals surface area contributed by atoms with E-state index >= 15 is 0 Å². The number of nitrogens with zero attached hydrogens (tertiary/aromatic N) is 4. The fraction of sp³-hybridized carbons (Fsp3) is 0.364. The first kappa shape index (κ1) is 35.8. The van der Waals surface area contributed by atoms with E-state index in [-0.39, 0.29) is 24.4 Å². The van der Waals surface area contributed by atoms with Crippen LogP contribution in [0.3, 0.4) is 0 Å². The molecule has 0 spiro atoms. The number of pyridine rings is 1. The van der Waals surface area contributed by atoms with E-state index in [4.69, 9.17) is 11.3 Å². The Balaban J connectivity index is 1.94. The molecule has 0 aliphatic heterocycles. The molecule has 0 saturated heterocycles. The fourth-order valence-electron chi connectivity index (χ4n) is 4.91. The van der Waals surface area contributed by atoms with Crippen molar-refractivity contribution in [3.05, 3.63) is 121 Å². The maximum absolute atomic E-state index is 13.9. The number of hydrogen-bond acceptors (Lipinski definition) is 7. The molecule has 2 aromatic carbocycles. The van der Waals surface area contributed by atoms with Gasteiger partial charge < -0.3 is 20.9 Å². The number of nitrogens with one attached hydrogen (secondary N) is 2. The average Bonchev–Trinajstić information content (AvgIpc) is 3.00. The highest BCUT2D eigenvalue weighted by Crippen LogP contribution is 2.20. The van der Waals surface area contributed by atoms with Crippen molar-refractivity contribution in [2.45, 2.75) is 64.7 Å². The first-order chi connectivity index (χ1) is 21.8. The number of rotatable bonds is 15. The number of amides is 2. The second-order valence-corrected chi connectivity index (χ2v) is 13.6. The predicted molar refractivity (Wildman–Crippen MR) is 180 cm³/mol. The lowest BCUT2D eigenvalue weighted by atomic mass is 10.0. The second kappa shape index (κ2) is 16.6. The number of carbonyl (C=O) groups excluding carboxylic acids is 2. The zero-order valence-electron chi connectivity index (χ0n) is 26.5. The quantitative estimate of drug-likeness (QED) is 0.125. The highest BCUT2D eigenvalue weighted by Gasteiger charge is 2.27. The molecule has 0 fully saturated rings. The molecule has 0 radical (unpaired) electrons. The van der Waals surface area contributed by atoms with Crippen LogP contribution in [0.5, 0.6) is 0 Å². The van der Waals surface area contributed by atoms with E-state index in [1.807, 2.05) is 44.2 Å². The molecule has 0 bridgehead atoms. The molecule has 0 saturated carbocycles. The molecule has 46 heavy (non-hydrogen) atoms. The maximum Gasteiger partial charge on any atom is 0.275 e. The number of benzene rings is 2. The van der Waals surface area contributed by atoms with Crippen LogP contribution in [0.4, 0.5) is 5.69 Å². The van der Waals surface area contributed by atoms with Gasteiger partial charge in [-0.15, -0.1) is 0 Å². The summed E-state index contributed by atoms with van der Waals surface area (Å²) in [6.45, 7) is 5.93. The molecule has 12 nitrogen and oxygen atoms in total. The molecule has 13 heteroatoms. The molecule has 0 unspecified atom stereocenters. The minimum Gasteiger partial charge on any atom is -0.348 e. The summed E-state index contributed by atoms with van der Waals surface area (Å²) < 4.78 is 25.2.